The molecule has 0 saturated carbocycles. The third-order valence-corrected chi connectivity index (χ3v) is 4.80. The third kappa shape index (κ3) is 2.18. The van der Waals surface area contributed by atoms with E-state index < -0.39 is 0 Å². The Hall–Kier alpha value is -1.26. The Kier molecular flexibility index (Phi) is 3.14. The van der Waals surface area contributed by atoms with Crippen LogP contribution in [-0.2, 0) is 0 Å². The summed E-state index contributed by atoms with van der Waals surface area (Å²) in [5.41, 5.74) is 0.766. The predicted octanol–water partition coefficient (Wildman–Crippen LogP) is 3.79. The molecule has 0 aliphatic carbocycles. The molecule has 2 heterocycles. The van der Waals surface area contributed by atoms with Crippen molar-refractivity contribution >= 4 is 28.9 Å². The van der Waals surface area contributed by atoms with Gasteiger partial charge in [0.15, 0.2) is 6.10 Å². The van der Waals surface area contributed by atoms with Crippen LogP contribution in [-0.4, -0.2) is 17.6 Å². The smallest absolute Gasteiger partial charge is 0.205 e. The van der Waals surface area contributed by atoms with Crippen molar-refractivity contribution in [1.29, 1.82) is 0 Å². The number of benzene rings is 1. The summed E-state index contributed by atoms with van der Waals surface area (Å²) in [6.45, 7) is 2.01. The lowest BCUT2D eigenvalue weighted by Gasteiger charge is -2.24. The van der Waals surface area contributed by atoms with Crippen molar-refractivity contribution in [3.05, 3.63) is 46.2 Å². The zero-order valence-electron chi connectivity index (χ0n) is 9.88. The molecule has 3 rings (SSSR count). The summed E-state index contributed by atoms with van der Waals surface area (Å²) in [4.78, 5) is 14.6. The van der Waals surface area contributed by atoms with E-state index in [1.165, 1.54) is 0 Å². The topological polar surface area (TPSA) is 26.3 Å². The second-order valence-electron chi connectivity index (χ2n) is 4.17. The first-order chi connectivity index (χ1) is 8.74. The third-order valence-electron chi connectivity index (χ3n) is 2.82. The summed E-state index contributed by atoms with van der Waals surface area (Å²) in [5, 5.41) is 1.91. The molecule has 2 aromatic rings. The Morgan fingerprint density at radius 1 is 1.39 bits per heavy atom. The Morgan fingerprint density at radius 2 is 2.22 bits per heavy atom. The van der Waals surface area contributed by atoms with E-state index in [1.807, 2.05) is 42.6 Å². The molecule has 0 saturated heterocycles. The van der Waals surface area contributed by atoms with Crippen molar-refractivity contribution in [3.8, 4) is 5.75 Å². The highest BCUT2D eigenvalue weighted by Gasteiger charge is 2.27. The molecule has 1 aliphatic heterocycles. The fourth-order valence-corrected chi connectivity index (χ4v) is 3.58. The molecule has 2 nitrogen and oxygen atoms in total. The molecule has 0 amide bonds. The minimum Gasteiger partial charge on any atom is -0.480 e. The lowest BCUT2D eigenvalue weighted by Crippen LogP contribution is -2.32. The van der Waals surface area contributed by atoms with Crippen molar-refractivity contribution in [2.45, 2.75) is 17.9 Å². The molecular weight excluding hydrogens is 264 g/mol. The lowest BCUT2D eigenvalue weighted by atomic mass is 10.1. The van der Waals surface area contributed by atoms with E-state index in [4.69, 9.17) is 4.74 Å². The molecule has 1 aromatic heterocycles. The maximum Gasteiger partial charge on any atom is 0.205 e. The zero-order chi connectivity index (χ0) is 12.5. The van der Waals surface area contributed by atoms with Gasteiger partial charge in [-0.3, -0.25) is 4.79 Å². The number of rotatable bonds is 2. The predicted molar refractivity (Wildman–Crippen MR) is 75.0 cm³/mol. The van der Waals surface area contributed by atoms with Crippen LogP contribution in [0.1, 0.15) is 15.2 Å². The zero-order valence-corrected chi connectivity index (χ0v) is 11.5. The van der Waals surface area contributed by atoms with Gasteiger partial charge in [-0.05, 0) is 25.1 Å². The number of para-hydroxylation sites is 1. The largest absolute Gasteiger partial charge is 0.480 e. The SMILES string of the molecule is Cc1cc(C(=O)C2CSc3ccccc3O2)cs1. The summed E-state index contributed by atoms with van der Waals surface area (Å²) in [6, 6.07) is 9.79. The summed E-state index contributed by atoms with van der Waals surface area (Å²) in [5.74, 6) is 1.59. The van der Waals surface area contributed by atoms with E-state index in [9.17, 15) is 4.79 Å². The van der Waals surface area contributed by atoms with Crippen LogP contribution in [0, 0.1) is 6.92 Å². The van der Waals surface area contributed by atoms with Crippen LogP contribution in [0.4, 0.5) is 0 Å². The van der Waals surface area contributed by atoms with Gasteiger partial charge in [-0.1, -0.05) is 12.1 Å². The van der Waals surface area contributed by atoms with Gasteiger partial charge in [0.2, 0.25) is 5.78 Å². The summed E-state index contributed by atoms with van der Waals surface area (Å²) < 4.78 is 5.79. The number of fused-ring (bicyclic) bond motifs is 1. The Balaban J connectivity index is 1.82. The van der Waals surface area contributed by atoms with E-state index in [2.05, 4.69) is 0 Å². The maximum absolute atomic E-state index is 12.3. The van der Waals surface area contributed by atoms with Crippen LogP contribution >= 0.6 is 23.1 Å². The monoisotopic (exact) mass is 276 g/mol. The van der Waals surface area contributed by atoms with Crippen LogP contribution in [0.2, 0.25) is 0 Å². The first-order valence-electron chi connectivity index (χ1n) is 5.72. The highest BCUT2D eigenvalue weighted by Crippen LogP contribution is 2.35. The number of hydrogen-bond donors (Lipinski definition) is 0. The standard InChI is InChI=1S/C14H12O2S2/c1-9-6-10(7-17-9)14(15)12-8-18-13-5-3-2-4-11(13)16-12/h2-7,12H,8H2,1H3. The number of Topliss-reactive ketones (excluding diaryl/α,β-unsaturated/α-hetero) is 1. The lowest BCUT2D eigenvalue weighted by molar-refractivity contribution is 0.0815. The van der Waals surface area contributed by atoms with E-state index in [0.717, 1.165) is 21.1 Å². The Bertz CT molecular complexity index is 589. The molecule has 1 aromatic carbocycles. The van der Waals surface area contributed by atoms with Crippen molar-refractivity contribution in [1.82, 2.24) is 0 Å². The van der Waals surface area contributed by atoms with E-state index in [-0.39, 0.29) is 11.9 Å². The minimum absolute atomic E-state index is 0.0846. The van der Waals surface area contributed by atoms with Gasteiger partial charge in [0.1, 0.15) is 5.75 Å². The van der Waals surface area contributed by atoms with E-state index in [0.29, 0.717) is 5.75 Å². The van der Waals surface area contributed by atoms with Gasteiger partial charge in [-0.15, -0.1) is 23.1 Å². The van der Waals surface area contributed by atoms with E-state index in [1.54, 1.807) is 23.1 Å². The molecule has 0 N–H and O–H groups in total. The van der Waals surface area contributed by atoms with Gasteiger partial charge in [0.25, 0.3) is 0 Å². The molecule has 0 radical (unpaired) electrons. The first-order valence-corrected chi connectivity index (χ1v) is 7.58. The first kappa shape index (κ1) is 11.8. The van der Waals surface area contributed by atoms with Crippen molar-refractivity contribution in [2.24, 2.45) is 0 Å². The highest BCUT2D eigenvalue weighted by atomic mass is 32.2. The molecule has 0 spiro atoms. The number of aryl methyl sites for hydroxylation is 1. The number of hydrogen-bond acceptors (Lipinski definition) is 4. The second kappa shape index (κ2) is 4.78. The van der Waals surface area contributed by atoms with Crippen molar-refractivity contribution in [3.63, 3.8) is 0 Å². The van der Waals surface area contributed by atoms with E-state index >= 15 is 0 Å². The summed E-state index contributed by atoms with van der Waals surface area (Å²) in [6.07, 6.45) is -0.362. The minimum atomic E-state index is -0.362. The van der Waals surface area contributed by atoms with Gasteiger partial charge >= 0.3 is 0 Å². The molecular formula is C14H12O2S2. The summed E-state index contributed by atoms with van der Waals surface area (Å²) in [7, 11) is 0. The number of ketones is 1. The second-order valence-corrected chi connectivity index (χ2v) is 6.35. The number of carbonyl (C=O) groups is 1. The number of carbonyl (C=O) groups excluding carboxylic acids is 1. The average molecular weight is 276 g/mol. The van der Waals surface area contributed by atoms with Crippen LogP contribution in [0.5, 0.6) is 5.75 Å². The van der Waals surface area contributed by atoms with Gasteiger partial charge < -0.3 is 4.74 Å². The molecule has 18 heavy (non-hydrogen) atoms. The quantitative estimate of drug-likeness (QED) is 0.781. The Morgan fingerprint density at radius 3 is 3.00 bits per heavy atom. The normalized spacial score (nSPS) is 17.9. The van der Waals surface area contributed by atoms with Gasteiger partial charge in [0, 0.05) is 26.5 Å². The van der Waals surface area contributed by atoms with Crippen molar-refractivity contribution in [2.75, 3.05) is 5.75 Å². The molecule has 1 aliphatic rings. The molecule has 1 unspecified atom stereocenters. The van der Waals surface area contributed by atoms with Crippen LogP contribution in [0.3, 0.4) is 0 Å². The molecule has 0 bridgehead atoms. The molecule has 4 heteroatoms. The van der Waals surface area contributed by atoms with Crippen molar-refractivity contribution < 1.29 is 9.53 Å². The fraction of sp³-hybridized carbons (Fsp3) is 0.214. The van der Waals surface area contributed by atoms with Gasteiger partial charge in [0.05, 0.1) is 0 Å². The molecule has 1 atom stereocenters. The number of ether oxygens (including phenoxy) is 1. The maximum atomic E-state index is 12.3. The highest BCUT2D eigenvalue weighted by molar-refractivity contribution is 7.99. The van der Waals surface area contributed by atoms with Crippen LogP contribution in [0.15, 0.2) is 40.6 Å². The fourth-order valence-electron chi connectivity index (χ4n) is 1.91. The summed E-state index contributed by atoms with van der Waals surface area (Å²) >= 11 is 3.28. The van der Waals surface area contributed by atoms with Crippen LogP contribution < -0.4 is 4.74 Å². The average Bonchev–Trinajstić information content (AvgIpc) is 2.84. The number of thioether (sulfide) groups is 1. The van der Waals surface area contributed by atoms with Crippen LogP contribution in [0.25, 0.3) is 0 Å². The number of thiophene rings is 1. The molecule has 92 valence electrons. The molecule has 0 fully saturated rings. The van der Waals surface area contributed by atoms with Gasteiger partial charge in [-0.25, -0.2) is 0 Å². The van der Waals surface area contributed by atoms with Gasteiger partial charge in [-0.2, -0.15) is 0 Å². The Labute approximate surface area is 114 Å².